The molecule has 0 spiro atoms. The van der Waals surface area contributed by atoms with Crippen LogP contribution in [0, 0.1) is 11.7 Å². The first-order valence-electron chi connectivity index (χ1n) is 5.59. The second kappa shape index (κ2) is 5.91. The molecule has 0 bridgehead atoms. The summed E-state index contributed by atoms with van der Waals surface area (Å²) in [7, 11) is 0. The van der Waals surface area contributed by atoms with E-state index in [1.807, 2.05) is 13.8 Å². The van der Waals surface area contributed by atoms with Crippen LogP contribution in [0.4, 0.5) is 15.8 Å². The Hall–Kier alpha value is -1.49. The van der Waals surface area contributed by atoms with Crippen molar-refractivity contribution >= 4 is 28.9 Å². The number of halogens is 2. The fourth-order valence-electron chi connectivity index (χ4n) is 1.70. The molecule has 6 heteroatoms. The first kappa shape index (κ1) is 14.6. The van der Waals surface area contributed by atoms with Crippen molar-refractivity contribution in [1.29, 1.82) is 0 Å². The molecule has 100 valence electrons. The summed E-state index contributed by atoms with van der Waals surface area (Å²) in [6.45, 7) is 4.59. The van der Waals surface area contributed by atoms with Gasteiger partial charge < -0.3 is 16.4 Å². The summed E-state index contributed by atoms with van der Waals surface area (Å²) < 4.78 is 13.2. The summed E-state index contributed by atoms with van der Waals surface area (Å²) in [5.74, 6) is -0.760. The number of carbonyl (C=O) groups is 1. The van der Waals surface area contributed by atoms with Crippen LogP contribution in [-0.2, 0) is 4.79 Å². The van der Waals surface area contributed by atoms with Crippen molar-refractivity contribution in [3.05, 3.63) is 23.0 Å². The van der Waals surface area contributed by atoms with Gasteiger partial charge in [0.05, 0.1) is 22.9 Å². The first-order valence-corrected chi connectivity index (χ1v) is 5.96. The Labute approximate surface area is 111 Å². The molecule has 0 aliphatic heterocycles. The van der Waals surface area contributed by atoms with Gasteiger partial charge in [0.2, 0.25) is 5.91 Å². The second-order valence-electron chi connectivity index (χ2n) is 4.57. The Morgan fingerprint density at radius 3 is 2.61 bits per heavy atom. The number of nitrogens with two attached hydrogens (primary N) is 2. The highest BCUT2D eigenvalue weighted by molar-refractivity contribution is 6.31. The van der Waals surface area contributed by atoms with Gasteiger partial charge in [0.25, 0.3) is 0 Å². The van der Waals surface area contributed by atoms with E-state index in [1.165, 1.54) is 6.07 Å². The zero-order chi connectivity index (χ0) is 13.9. The molecule has 4 N–H and O–H groups in total. The van der Waals surface area contributed by atoms with E-state index in [1.54, 1.807) is 4.90 Å². The van der Waals surface area contributed by atoms with Crippen LogP contribution in [0.15, 0.2) is 12.1 Å². The number of rotatable bonds is 5. The van der Waals surface area contributed by atoms with Crippen molar-refractivity contribution in [1.82, 2.24) is 0 Å². The molecule has 1 aromatic rings. The molecule has 4 nitrogen and oxygen atoms in total. The minimum Gasteiger partial charge on any atom is -0.397 e. The molecule has 0 aromatic heterocycles. The van der Waals surface area contributed by atoms with Crippen molar-refractivity contribution < 1.29 is 9.18 Å². The zero-order valence-corrected chi connectivity index (χ0v) is 11.2. The van der Waals surface area contributed by atoms with Gasteiger partial charge in [-0.1, -0.05) is 25.4 Å². The van der Waals surface area contributed by atoms with Crippen molar-refractivity contribution in [2.45, 2.75) is 13.8 Å². The van der Waals surface area contributed by atoms with Crippen LogP contribution in [0.25, 0.3) is 0 Å². The lowest BCUT2D eigenvalue weighted by Gasteiger charge is -2.26. The molecule has 0 aliphatic rings. The van der Waals surface area contributed by atoms with E-state index in [0.717, 1.165) is 6.07 Å². The Balaban J connectivity index is 3.11. The monoisotopic (exact) mass is 273 g/mol. The zero-order valence-electron chi connectivity index (χ0n) is 10.4. The predicted octanol–water partition coefficient (Wildman–Crippen LogP) is 2.01. The number of hydrogen-bond acceptors (Lipinski definition) is 3. The summed E-state index contributed by atoms with van der Waals surface area (Å²) in [5.41, 5.74) is 11.7. The van der Waals surface area contributed by atoms with Crippen LogP contribution in [0.5, 0.6) is 0 Å². The lowest BCUT2D eigenvalue weighted by atomic mass is 10.1. The number of hydrogen-bond donors (Lipinski definition) is 2. The van der Waals surface area contributed by atoms with Crippen LogP contribution < -0.4 is 16.4 Å². The third-order valence-electron chi connectivity index (χ3n) is 2.34. The Kier molecular flexibility index (Phi) is 4.78. The molecule has 0 radical (unpaired) electrons. The molecular weight excluding hydrogens is 257 g/mol. The average Bonchev–Trinajstić information content (AvgIpc) is 2.21. The maximum absolute atomic E-state index is 13.2. The van der Waals surface area contributed by atoms with Crippen LogP contribution in [0.3, 0.4) is 0 Å². The lowest BCUT2D eigenvalue weighted by Crippen LogP contribution is -2.36. The van der Waals surface area contributed by atoms with Crippen molar-refractivity contribution in [2.24, 2.45) is 11.7 Å². The number of carbonyl (C=O) groups excluding carboxylic acids is 1. The largest absolute Gasteiger partial charge is 0.397 e. The van der Waals surface area contributed by atoms with Crippen molar-refractivity contribution in [3.63, 3.8) is 0 Å². The van der Waals surface area contributed by atoms with Gasteiger partial charge in [-0.25, -0.2) is 4.39 Å². The first-order chi connectivity index (χ1) is 8.31. The predicted molar refractivity (Wildman–Crippen MR) is 72.1 cm³/mol. The summed E-state index contributed by atoms with van der Waals surface area (Å²) in [6, 6.07) is 2.56. The van der Waals surface area contributed by atoms with Gasteiger partial charge in [-0.05, 0) is 12.0 Å². The highest BCUT2D eigenvalue weighted by Crippen LogP contribution is 2.29. The van der Waals surface area contributed by atoms with E-state index in [-0.39, 0.29) is 17.3 Å². The van der Waals surface area contributed by atoms with Gasteiger partial charge in [-0.2, -0.15) is 0 Å². The summed E-state index contributed by atoms with van der Waals surface area (Å²) in [6.07, 6.45) is 0. The molecule has 0 heterocycles. The van der Waals surface area contributed by atoms with E-state index in [2.05, 4.69) is 0 Å². The fourth-order valence-corrected chi connectivity index (χ4v) is 1.86. The van der Waals surface area contributed by atoms with Crippen molar-refractivity contribution in [3.8, 4) is 0 Å². The van der Waals surface area contributed by atoms with Gasteiger partial charge in [0, 0.05) is 12.6 Å². The van der Waals surface area contributed by atoms with E-state index in [0.29, 0.717) is 18.2 Å². The van der Waals surface area contributed by atoms with E-state index < -0.39 is 11.7 Å². The van der Waals surface area contributed by atoms with Gasteiger partial charge >= 0.3 is 0 Å². The number of primary amides is 1. The fraction of sp³-hybridized carbons (Fsp3) is 0.417. The molecule has 1 aromatic carbocycles. The lowest BCUT2D eigenvalue weighted by molar-refractivity contribution is -0.116. The Morgan fingerprint density at radius 2 is 2.11 bits per heavy atom. The Bertz CT molecular complexity index is 451. The van der Waals surface area contributed by atoms with Gasteiger partial charge in [0.15, 0.2) is 0 Å². The molecule has 0 saturated carbocycles. The minimum atomic E-state index is -0.582. The molecule has 0 unspecified atom stereocenters. The maximum Gasteiger partial charge on any atom is 0.236 e. The standard InChI is InChI=1S/C12H17ClFN3O/c1-7(2)5-17(6-12(16)18)11-3-8(13)9(14)4-10(11)15/h3-4,7H,5-6,15H2,1-2H3,(H2,16,18). The highest BCUT2D eigenvalue weighted by Gasteiger charge is 2.16. The number of nitrogen functional groups attached to an aromatic ring is 1. The van der Waals surface area contributed by atoms with E-state index in [9.17, 15) is 9.18 Å². The molecule has 18 heavy (non-hydrogen) atoms. The summed E-state index contributed by atoms with van der Waals surface area (Å²) >= 11 is 5.73. The molecule has 0 saturated heterocycles. The summed E-state index contributed by atoms with van der Waals surface area (Å²) in [4.78, 5) is 12.8. The molecular formula is C12H17ClFN3O. The number of amides is 1. The van der Waals surface area contributed by atoms with Crippen LogP contribution >= 0.6 is 11.6 Å². The molecule has 1 amide bonds. The molecule has 1 rings (SSSR count). The normalized spacial score (nSPS) is 10.7. The van der Waals surface area contributed by atoms with Gasteiger partial charge in [0.1, 0.15) is 5.82 Å². The third kappa shape index (κ3) is 3.77. The second-order valence-corrected chi connectivity index (χ2v) is 4.97. The summed E-state index contributed by atoms with van der Waals surface area (Å²) in [5, 5.41) is -0.0302. The number of benzene rings is 1. The molecule has 0 aliphatic carbocycles. The minimum absolute atomic E-state index is 0.0182. The van der Waals surface area contributed by atoms with Crippen LogP contribution in [0.1, 0.15) is 13.8 Å². The van der Waals surface area contributed by atoms with Crippen LogP contribution in [-0.4, -0.2) is 19.0 Å². The maximum atomic E-state index is 13.2. The highest BCUT2D eigenvalue weighted by atomic mass is 35.5. The third-order valence-corrected chi connectivity index (χ3v) is 2.63. The Morgan fingerprint density at radius 1 is 1.50 bits per heavy atom. The number of anilines is 2. The topological polar surface area (TPSA) is 72.3 Å². The molecule has 0 atom stereocenters. The van der Waals surface area contributed by atoms with Gasteiger partial charge in [-0.15, -0.1) is 0 Å². The van der Waals surface area contributed by atoms with E-state index in [4.69, 9.17) is 23.1 Å². The molecule has 0 fully saturated rings. The average molecular weight is 274 g/mol. The quantitative estimate of drug-likeness (QED) is 0.806. The SMILES string of the molecule is CC(C)CN(CC(N)=O)c1cc(Cl)c(F)cc1N. The van der Waals surface area contributed by atoms with E-state index >= 15 is 0 Å². The van der Waals surface area contributed by atoms with Crippen LogP contribution in [0.2, 0.25) is 5.02 Å². The number of nitrogens with zero attached hydrogens (tertiary/aromatic N) is 1. The smallest absolute Gasteiger partial charge is 0.236 e. The van der Waals surface area contributed by atoms with Crippen molar-refractivity contribution in [2.75, 3.05) is 23.7 Å². The van der Waals surface area contributed by atoms with Gasteiger partial charge in [-0.3, -0.25) is 4.79 Å².